The molecule has 0 aliphatic heterocycles. The van der Waals surface area contributed by atoms with E-state index in [4.69, 9.17) is 0 Å². The summed E-state index contributed by atoms with van der Waals surface area (Å²) in [5, 5.41) is 3.23. The van der Waals surface area contributed by atoms with Gasteiger partial charge in [0, 0.05) is 19.8 Å². The summed E-state index contributed by atoms with van der Waals surface area (Å²) in [6, 6.07) is 0. The number of nitrogens with one attached hydrogen (secondary N) is 1. The van der Waals surface area contributed by atoms with E-state index in [1.165, 1.54) is 0 Å². The summed E-state index contributed by atoms with van der Waals surface area (Å²) in [5.41, 5.74) is 1.12. The molecule has 0 spiro atoms. The van der Waals surface area contributed by atoms with Crippen molar-refractivity contribution in [3.8, 4) is 0 Å². The van der Waals surface area contributed by atoms with Crippen LogP contribution < -0.4 is 5.32 Å². The second kappa shape index (κ2) is 3.53. The first-order valence-corrected chi connectivity index (χ1v) is 3.93. The fourth-order valence-electron chi connectivity index (χ4n) is 0.971. The Bertz CT molecular complexity index is 208. The molecule has 1 aromatic rings. The molecule has 0 amide bonds. The van der Waals surface area contributed by atoms with Crippen LogP contribution in [0.25, 0.3) is 0 Å². The number of aryl methyl sites for hydroxylation is 2. The number of aromatic nitrogens is 2. The van der Waals surface area contributed by atoms with Crippen LogP contribution >= 0.6 is 0 Å². The first kappa shape index (κ1) is 8.27. The lowest BCUT2D eigenvalue weighted by atomic mass is 10.5. The van der Waals surface area contributed by atoms with Crippen LogP contribution in [0.15, 0.2) is 6.20 Å². The minimum absolute atomic E-state index is 0.873. The molecular weight excluding hydrogens is 138 g/mol. The van der Waals surface area contributed by atoms with Crippen molar-refractivity contribution in [1.82, 2.24) is 14.9 Å². The zero-order valence-electron chi connectivity index (χ0n) is 7.39. The zero-order valence-corrected chi connectivity index (χ0v) is 7.39. The molecule has 1 aromatic heterocycles. The predicted octanol–water partition coefficient (Wildman–Crippen LogP) is 0.838. The van der Waals surface area contributed by atoms with Crippen LogP contribution in [0.2, 0.25) is 0 Å². The molecule has 0 aliphatic carbocycles. The van der Waals surface area contributed by atoms with E-state index in [0.29, 0.717) is 0 Å². The molecule has 0 bridgehead atoms. The van der Waals surface area contributed by atoms with Gasteiger partial charge in [-0.05, 0) is 13.5 Å². The van der Waals surface area contributed by atoms with Crippen molar-refractivity contribution < 1.29 is 0 Å². The Hall–Kier alpha value is -0.830. The standard InChI is InChI=1S/C8H15N3/c1-4-9-5-8-6-11(3)7(2)10-8/h6,9H,4-5H2,1-3H3. The van der Waals surface area contributed by atoms with Crippen LogP contribution in [0.1, 0.15) is 18.4 Å². The quantitative estimate of drug-likeness (QED) is 0.697. The molecule has 0 aromatic carbocycles. The average molecular weight is 153 g/mol. The number of nitrogens with zero attached hydrogens (tertiary/aromatic N) is 2. The Morgan fingerprint density at radius 3 is 2.82 bits per heavy atom. The fourth-order valence-corrected chi connectivity index (χ4v) is 0.971. The van der Waals surface area contributed by atoms with Gasteiger partial charge in [-0.15, -0.1) is 0 Å². The van der Waals surface area contributed by atoms with Crippen molar-refractivity contribution in [2.45, 2.75) is 20.4 Å². The molecule has 0 unspecified atom stereocenters. The average Bonchev–Trinajstić information content (AvgIpc) is 2.28. The fraction of sp³-hybridized carbons (Fsp3) is 0.625. The third-order valence-corrected chi connectivity index (χ3v) is 1.71. The highest BCUT2D eigenvalue weighted by Crippen LogP contribution is 1.98. The monoisotopic (exact) mass is 153 g/mol. The maximum absolute atomic E-state index is 4.35. The number of hydrogen-bond acceptors (Lipinski definition) is 2. The molecule has 3 heteroatoms. The van der Waals surface area contributed by atoms with Crippen LogP contribution in [0.5, 0.6) is 0 Å². The Labute approximate surface area is 67.4 Å². The van der Waals surface area contributed by atoms with Gasteiger partial charge in [-0.1, -0.05) is 6.92 Å². The molecule has 0 fully saturated rings. The molecule has 1 heterocycles. The van der Waals surface area contributed by atoms with Gasteiger partial charge in [0.05, 0.1) is 5.69 Å². The van der Waals surface area contributed by atoms with E-state index in [1.807, 2.05) is 18.5 Å². The predicted molar refractivity (Wildman–Crippen MR) is 45.3 cm³/mol. The molecule has 0 aliphatic rings. The van der Waals surface area contributed by atoms with E-state index < -0.39 is 0 Å². The van der Waals surface area contributed by atoms with Crippen LogP contribution in [0.4, 0.5) is 0 Å². The summed E-state index contributed by atoms with van der Waals surface area (Å²) in [4.78, 5) is 4.35. The second-order valence-corrected chi connectivity index (χ2v) is 2.67. The summed E-state index contributed by atoms with van der Waals surface area (Å²) >= 11 is 0. The Kier molecular flexibility index (Phi) is 2.65. The van der Waals surface area contributed by atoms with Crippen molar-refractivity contribution >= 4 is 0 Å². The molecule has 11 heavy (non-hydrogen) atoms. The summed E-state index contributed by atoms with van der Waals surface area (Å²) in [6.45, 7) is 5.97. The van der Waals surface area contributed by atoms with E-state index in [-0.39, 0.29) is 0 Å². The molecule has 0 radical (unpaired) electrons. The molecule has 0 saturated heterocycles. The summed E-state index contributed by atoms with van der Waals surface area (Å²) in [5.74, 6) is 1.07. The van der Waals surface area contributed by atoms with Crippen LogP contribution in [-0.2, 0) is 13.6 Å². The SMILES string of the molecule is CCNCc1cn(C)c(C)n1. The van der Waals surface area contributed by atoms with E-state index in [1.54, 1.807) is 0 Å². The minimum atomic E-state index is 0.873. The maximum Gasteiger partial charge on any atom is 0.105 e. The molecule has 1 N–H and O–H groups in total. The van der Waals surface area contributed by atoms with Crippen molar-refractivity contribution in [2.75, 3.05) is 6.54 Å². The smallest absolute Gasteiger partial charge is 0.105 e. The highest BCUT2D eigenvalue weighted by atomic mass is 15.1. The van der Waals surface area contributed by atoms with Crippen molar-refractivity contribution in [3.05, 3.63) is 17.7 Å². The molecule has 1 rings (SSSR count). The van der Waals surface area contributed by atoms with Crippen LogP contribution in [0.3, 0.4) is 0 Å². The van der Waals surface area contributed by atoms with Crippen molar-refractivity contribution in [2.24, 2.45) is 7.05 Å². The van der Waals surface area contributed by atoms with Gasteiger partial charge in [-0.25, -0.2) is 4.98 Å². The van der Waals surface area contributed by atoms with Gasteiger partial charge in [-0.2, -0.15) is 0 Å². The van der Waals surface area contributed by atoms with Gasteiger partial charge in [0.2, 0.25) is 0 Å². The lowest BCUT2D eigenvalue weighted by molar-refractivity contribution is 0.712. The second-order valence-electron chi connectivity index (χ2n) is 2.67. The van der Waals surface area contributed by atoms with Gasteiger partial charge in [0.25, 0.3) is 0 Å². The molecule has 0 atom stereocenters. The zero-order chi connectivity index (χ0) is 8.27. The topological polar surface area (TPSA) is 29.9 Å². The number of rotatable bonds is 3. The third kappa shape index (κ3) is 2.05. The lowest BCUT2D eigenvalue weighted by Gasteiger charge is -1.94. The minimum Gasteiger partial charge on any atom is -0.338 e. The van der Waals surface area contributed by atoms with Gasteiger partial charge >= 0.3 is 0 Å². The Balaban J connectivity index is 2.58. The van der Waals surface area contributed by atoms with E-state index in [2.05, 4.69) is 23.4 Å². The van der Waals surface area contributed by atoms with Crippen LogP contribution in [0, 0.1) is 6.92 Å². The largest absolute Gasteiger partial charge is 0.338 e. The van der Waals surface area contributed by atoms with Crippen LogP contribution in [-0.4, -0.2) is 16.1 Å². The number of imidazole rings is 1. The summed E-state index contributed by atoms with van der Waals surface area (Å²) in [7, 11) is 2.01. The van der Waals surface area contributed by atoms with E-state index >= 15 is 0 Å². The van der Waals surface area contributed by atoms with Gasteiger partial charge in [-0.3, -0.25) is 0 Å². The lowest BCUT2D eigenvalue weighted by Crippen LogP contribution is -2.11. The first-order valence-electron chi connectivity index (χ1n) is 3.93. The highest BCUT2D eigenvalue weighted by Gasteiger charge is 1.98. The summed E-state index contributed by atoms with van der Waals surface area (Å²) < 4.78 is 2.03. The first-order chi connectivity index (χ1) is 5.24. The maximum atomic E-state index is 4.35. The Morgan fingerprint density at radius 1 is 1.64 bits per heavy atom. The van der Waals surface area contributed by atoms with Gasteiger partial charge in [0.1, 0.15) is 5.82 Å². The molecular formula is C8H15N3. The van der Waals surface area contributed by atoms with Gasteiger partial charge in [0.15, 0.2) is 0 Å². The summed E-state index contributed by atoms with van der Waals surface area (Å²) in [6.07, 6.45) is 2.05. The molecule has 3 nitrogen and oxygen atoms in total. The van der Waals surface area contributed by atoms with E-state index in [0.717, 1.165) is 24.6 Å². The van der Waals surface area contributed by atoms with E-state index in [9.17, 15) is 0 Å². The molecule has 62 valence electrons. The highest BCUT2D eigenvalue weighted by molar-refractivity contribution is 5.01. The van der Waals surface area contributed by atoms with Crippen molar-refractivity contribution in [3.63, 3.8) is 0 Å². The van der Waals surface area contributed by atoms with Crippen molar-refractivity contribution in [1.29, 1.82) is 0 Å². The Morgan fingerprint density at radius 2 is 2.36 bits per heavy atom. The molecule has 0 saturated carbocycles. The number of hydrogen-bond donors (Lipinski definition) is 1. The third-order valence-electron chi connectivity index (χ3n) is 1.71. The van der Waals surface area contributed by atoms with Gasteiger partial charge < -0.3 is 9.88 Å². The normalized spacial score (nSPS) is 10.5.